The van der Waals surface area contributed by atoms with Crippen molar-refractivity contribution >= 4 is 16.9 Å². The maximum atomic E-state index is 13.2. The number of nitrogens with one attached hydrogen (secondary N) is 1. The van der Waals surface area contributed by atoms with E-state index in [9.17, 15) is 9.90 Å². The molecule has 5 rings (SSSR count). The summed E-state index contributed by atoms with van der Waals surface area (Å²) in [5, 5.41) is 15.2. The highest BCUT2D eigenvalue weighted by atomic mass is 16.4. The number of aryl methyl sites for hydroxylation is 1. The van der Waals surface area contributed by atoms with Gasteiger partial charge >= 0.3 is 0 Å². The number of rotatable bonds is 7. The van der Waals surface area contributed by atoms with Gasteiger partial charge in [0.2, 0.25) is 5.91 Å². The summed E-state index contributed by atoms with van der Waals surface area (Å²) in [5.74, 6) is 0.368. The quantitative estimate of drug-likeness (QED) is 0.309. The second-order valence-electron chi connectivity index (χ2n) is 9.24. The van der Waals surface area contributed by atoms with Gasteiger partial charge in [-0.05, 0) is 72.0 Å². The first-order valence-electron chi connectivity index (χ1n) is 12.0. The Morgan fingerprint density at radius 1 is 0.972 bits per heavy atom. The summed E-state index contributed by atoms with van der Waals surface area (Å²) < 4.78 is 5.97. The van der Waals surface area contributed by atoms with Crippen LogP contribution < -0.4 is 5.32 Å². The molecule has 0 saturated carbocycles. The van der Waals surface area contributed by atoms with Crippen LogP contribution in [-0.4, -0.2) is 16.0 Å². The first-order valence-corrected chi connectivity index (χ1v) is 12.0. The van der Waals surface area contributed by atoms with Crippen LogP contribution in [0.1, 0.15) is 46.5 Å². The van der Waals surface area contributed by atoms with E-state index < -0.39 is 5.60 Å². The normalized spacial score (nSPS) is 13.8. The summed E-state index contributed by atoms with van der Waals surface area (Å²) in [6.45, 7) is 3.76. The van der Waals surface area contributed by atoms with Crippen molar-refractivity contribution in [1.29, 1.82) is 0 Å². The van der Waals surface area contributed by atoms with Crippen molar-refractivity contribution in [2.75, 3.05) is 0 Å². The number of carbonyl (C=O) groups excluding carboxylic acids is 1. The predicted octanol–water partition coefficient (Wildman–Crippen LogP) is 5.84. The second-order valence-corrected chi connectivity index (χ2v) is 9.24. The fourth-order valence-electron chi connectivity index (χ4n) is 4.56. The largest absolute Gasteiger partial charge is 0.458 e. The molecule has 2 atom stereocenters. The maximum Gasteiger partial charge on any atom is 0.225 e. The lowest BCUT2D eigenvalue weighted by molar-refractivity contribution is -0.120. The Labute approximate surface area is 210 Å². The van der Waals surface area contributed by atoms with Gasteiger partial charge in [-0.2, -0.15) is 0 Å². The molecule has 1 amide bonds. The van der Waals surface area contributed by atoms with E-state index in [0.717, 1.165) is 27.6 Å². The lowest BCUT2D eigenvalue weighted by Gasteiger charge is -2.22. The molecule has 180 valence electrons. The van der Waals surface area contributed by atoms with Crippen molar-refractivity contribution in [2.24, 2.45) is 0 Å². The van der Waals surface area contributed by atoms with Gasteiger partial charge in [0.05, 0.1) is 12.5 Å². The Morgan fingerprint density at radius 3 is 2.44 bits per heavy atom. The van der Waals surface area contributed by atoms with Crippen molar-refractivity contribution in [3.05, 3.63) is 137 Å². The van der Waals surface area contributed by atoms with Crippen LogP contribution in [0.25, 0.3) is 11.0 Å². The van der Waals surface area contributed by atoms with Gasteiger partial charge in [-0.1, -0.05) is 60.7 Å². The molecule has 3 aromatic carbocycles. The topological polar surface area (TPSA) is 75.4 Å². The van der Waals surface area contributed by atoms with Gasteiger partial charge in [0.1, 0.15) is 16.9 Å². The third kappa shape index (κ3) is 4.79. The molecule has 2 N–H and O–H groups in total. The zero-order valence-corrected chi connectivity index (χ0v) is 20.3. The minimum atomic E-state index is -1.30. The van der Waals surface area contributed by atoms with E-state index in [2.05, 4.69) is 29.4 Å². The van der Waals surface area contributed by atoms with Crippen LogP contribution >= 0.6 is 0 Å². The monoisotopic (exact) mass is 476 g/mol. The number of benzene rings is 3. The Bertz CT molecular complexity index is 1490. The zero-order chi connectivity index (χ0) is 25.1. The highest BCUT2D eigenvalue weighted by Crippen LogP contribution is 2.33. The zero-order valence-electron chi connectivity index (χ0n) is 20.3. The molecule has 0 spiro atoms. The molecule has 0 aliphatic rings. The van der Waals surface area contributed by atoms with Crippen LogP contribution in [-0.2, 0) is 16.8 Å². The van der Waals surface area contributed by atoms with Gasteiger partial charge in [0.15, 0.2) is 0 Å². The van der Waals surface area contributed by atoms with Crippen molar-refractivity contribution in [2.45, 2.75) is 31.9 Å². The molecule has 2 heterocycles. The SMILES string of the molecule is Cc1ccccc1C(NC(=O)Cc1ccc2oc(C(C)(O)c3ccncc3)cc2c1)c1ccccc1. The molecule has 0 aliphatic heterocycles. The molecule has 0 radical (unpaired) electrons. The number of pyridine rings is 1. The number of furan rings is 1. The van der Waals surface area contributed by atoms with Crippen LogP contribution in [0.2, 0.25) is 0 Å². The average Bonchev–Trinajstić information content (AvgIpc) is 3.33. The smallest absolute Gasteiger partial charge is 0.225 e. The standard InChI is InChI=1S/C31H28N2O3/c1-21-8-6-7-11-26(21)30(23-9-4-3-5-10-23)33-29(34)19-22-12-13-27-24(18-22)20-28(36-27)31(2,35)25-14-16-32-17-15-25/h3-18,20,30,35H,19H2,1-2H3,(H,33,34). The summed E-state index contributed by atoms with van der Waals surface area (Å²) in [7, 11) is 0. The van der Waals surface area contributed by atoms with Crippen molar-refractivity contribution < 1.29 is 14.3 Å². The highest BCUT2D eigenvalue weighted by Gasteiger charge is 2.29. The van der Waals surface area contributed by atoms with Gasteiger partial charge in [-0.15, -0.1) is 0 Å². The lowest BCUT2D eigenvalue weighted by Crippen LogP contribution is -2.31. The summed E-state index contributed by atoms with van der Waals surface area (Å²) in [4.78, 5) is 17.2. The van der Waals surface area contributed by atoms with E-state index in [-0.39, 0.29) is 18.4 Å². The molecule has 36 heavy (non-hydrogen) atoms. The van der Waals surface area contributed by atoms with Gasteiger partial charge in [0.25, 0.3) is 0 Å². The minimum absolute atomic E-state index is 0.0704. The number of amides is 1. The molecular formula is C31H28N2O3. The Kier molecular flexibility index (Phi) is 6.40. The molecule has 5 nitrogen and oxygen atoms in total. The van der Waals surface area contributed by atoms with E-state index in [1.807, 2.05) is 66.7 Å². The fourth-order valence-corrected chi connectivity index (χ4v) is 4.56. The first kappa shape index (κ1) is 23.5. The Morgan fingerprint density at radius 2 is 1.69 bits per heavy atom. The molecule has 2 unspecified atom stereocenters. The van der Waals surface area contributed by atoms with Gasteiger partial charge in [-0.3, -0.25) is 9.78 Å². The number of nitrogens with zero attached hydrogens (tertiary/aromatic N) is 1. The third-order valence-electron chi connectivity index (χ3n) is 6.61. The Hall–Kier alpha value is -4.22. The van der Waals surface area contributed by atoms with Gasteiger partial charge < -0.3 is 14.8 Å². The van der Waals surface area contributed by atoms with Crippen LogP contribution in [0, 0.1) is 6.92 Å². The number of aliphatic hydroxyl groups is 1. The average molecular weight is 477 g/mol. The minimum Gasteiger partial charge on any atom is -0.458 e. The number of hydrogen-bond donors (Lipinski definition) is 2. The van der Waals surface area contributed by atoms with E-state index in [0.29, 0.717) is 16.9 Å². The van der Waals surface area contributed by atoms with Crippen LogP contribution in [0.3, 0.4) is 0 Å². The summed E-state index contributed by atoms with van der Waals surface area (Å²) in [6.07, 6.45) is 3.51. The second kappa shape index (κ2) is 9.80. The van der Waals surface area contributed by atoms with Gasteiger partial charge in [0, 0.05) is 17.8 Å². The van der Waals surface area contributed by atoms with Crippen molar-refractivity contribution in [1.82, 2.24) is 10.3 Å². The highest BCUT2D eigenvalue weighted by molar-refractivity contribution is 5.83. The first-order chi connectivity index (χ1) is 17.4. The summed E-state index contributed by atoms with van der Waals surface area (Å²) >= 11 is 0. The summed E-state index contributed by atoms with van der Waals surface area (Å²) in [6, 6.07) is 28.9. The van der Waals surface area contributed by atoms with Crippen LogP contribution in [0.5, 0.6) is 0 Å². The molecule has 5 aromatic rings. The molecular weight excluding hydrogens is 448 g/mol. The number of fused-ring (bicyclic) bond motifs is 1. The number of carbonyl (C=O) groups is 1. The third-order valence-corrected chi connectivity index (χ3v) is 6.61. The van der Waals surface area contributed by atoms with Crippen molar-refractivity contribution in [3.8, 4) is 0 Å². The summed E-state index contributed by atoms with van der Waals surface area (Å²) in [5.41, 5.74) is 4.16. The molecule has 2 aromatic heterocycles. The van der Waals surface area contributed by atoms with E-state index in [1.165, 1.54) is 0 Å². The van der Waals surface area contributed by atoms with E-state index in [4.69, 9.17) is 4.42 Å². The molecule has 5 heteroatoms. The van der Waals surface area contributed by atoms with Gasteiger partial charge in [-0.25, -0.2) is 0 Å². The predicted molar refractivity (Wildman–Crippen MR) is 140 cm³/mol. The van der Waals surface area contributed by atoms with Crippen LogP contribution in [0.4, 0.5) is 0 Å². The van der Waals surface area contributed by atoms with Crippen molar-refractivity contribution in [3.63, 3.8) is 0 Å². The Balaban J connectivity index is 1.38. The number of aromatic nitrogens is 1. The molecule has 0 saturated heterocycles. The number of hydrogen-bond acceptors (Lipinski definition) is 4. The fraction of sp³-hybridized carbons (Fsp3) is 0.161. The van der Waals surface area contributed by atoms with E-state index >= 15 is 0 Å². The maximum absolute atomic E-state index is 13.2. The molecule has 0 bridgehead atoms. The lowest BCUT2D eigenvalue weighted by atomic mass is 9.94. The molecule has 0 fully saturated rings. The molecule has 0 aliphatic carbocycles. The van der Waals surface area contributed by atoms with E-state index in [1.54, 1.807) is 31.5 Å². The van der Waals surface area contributed by atoms with Crippen LogP contribution in [0.15, 0.2) is 108 Å².